The molecule has 0 aliphatic rings. The summed E-state index contributed by atoms with van der Waals surface area (Å²) in [4.78, 5) is 37.0. The SMILES string of the molecule is CCCCCCC/C=C\CCCCCCCC(=O)OCC(COC(OCC[N+](C)(C)C)C(=O)[O-])OC(=O)CCCCCCCCCCC/C=C\CCCCCCCC. The number of carboxylic acids is 1. The fourth-order valence-corrected chi connectivity index (χ4v) is 6.64. The van der Waals surface area contributed by atoms with Crippen LogP contribution in [0.2, 0.25) is 0 Å². The zero-order valence-corrected chi connectivity index (χ0v) is 38.4. The Morgan fingerprint density at radius 1 is 0.500 bits per heavy atom. The van der Waals surface area contributed by atoms with E-state index < -0.39 is 24.3 Å². The highest BCUT2D eigenvalue weighted by Gasteiger charge is 2.21. The van der Waals surface area contributed by atoms with Gasteiger partial charge in [-0.1, -0.05) is 160 Å². The van der Waals surface area contributed by atoms with Crippen LogP contribution in [0.5, 0.6) is 0 Å². The summed E-state index contributed by atoms with van der Waals surface area (Å²) in [6.45, 7) is 4.73. The number of carbonyl (C=O) groups is 3. The molecule has 0 amide bonds. The Morgan fingerprint density at radius 2 is 0.879 bits per heavy atom. The van der Waals surface area contributed by atoms with Crippen molar-refractivity contribution in [2.75, 3.05) is 47.5 Å². The van der Waals surface area contributed by atoms with Gasteiger partial charge in [0.15, 0.2) is 12.4 Å². The monoisotopic (exact) mass is 822 g/mol. The number of quaternary nitrogens is 1. The van der Waals surface area contributed by atoms with Gasteiger partial charge in [0.25, 0.3) is 0 Å². The number of esters is 2. The fourth-order valence-electron chi connectivity index (χ4n) is 6.64. The molecule has 0 rings (SSSR count). The number of carboxylic acid groups (broad SMARTS) is 1. The second-order valence-corrected chi connectivity index (χ2v) is 17.4. The van der Waals surface area contributed by atoms with E-state index in [1.165, 1.54) is 122 Å². The van der Waals surface area contributed by atoms with Gasteiger partial charge in [-0.3, -0.25) is 9.59 Å². The Balaban J connectivity index is 4.38. The third-order valence-electron chi connectivity index (χ3n) is 10.4. The first-order chi connectivity index (χ1) is 28.1. The molecule has 0 radical (unpaired) electrons. The molecule has 0 spiro atoms. The van der Waals surface area contributed by atoms with Gasteiger partial charge in [-0.15, -0.1) is 0 Å². The summed E-state index contributed by atoms with van der Waals surface area (Å²) in [7, 11) is 5.91. The summed E-state index contributed by atoms with van der Waals surface area (Å²) in [5.41, 5.74) is 0. The Bertz CT molecular complexity index is 1010. The summed E-state index contributed by atoms with van der Waals surface area (Å²) < 4.78 is 22.6. The average molecular weight is 822 g/mol. The smallest absolute Gasteiger partial charge is 0.306 e. The summed E-state index contributed by atoms with van der Waals surface area (Å²) in [6, 6.07) is 0. The quantitative estimate of drug-likeness (QED) is 0.0196. The van der Waals surface area contributed by atoms with Gasteiger partial charge in [0, 0.05) is 12.8 Å². The molecule has 0 heterocycles. The number of ether oxygens (including phenoxy) is 4. The van der Waals surface area contributed by atoms with E-state index in [2.05, 4.69) is 38.2 Å². The second kappa shape index (κ2) is 41.5. The number of aliphatic carboxylic acids is 1. The molecule has 0 saturated heterocycles. The Hall–Kier alpha value is -2.23. The number of carbonyl (C=O) groups excluding carboxylic acids is 3. The molecule has 0 aromatic carbocycles. The molecule has 2 unspecified atom stereocenters. The Kier molecular flexibility index (Phi) is 39.9. The van der Waals surface area contributed by atoms with Gasteiger partial charge in [0.05, 0.1) is 40.3 Å². The molecule has 0 saturated carbocycles. The van der Waals surface area contributed by atoms with Crippen molar-refractivity contribution in [3.8, 4) is 0 Å². The van der Waals surface area contributed by atoms with Crippen LogP contribution in [0.3, 0.4) is 0 Å². The summed E-state index contributed by atoms with van der Waals surface area (Å²) in [5.74, 6) is -2.29. The zero-order valence-electron chi connectivity index (χ0n) is 38.4. The van der Waals surface area contributed by atoms with Crippen molar-refractivity contribution in [3.05, 3.63) is 24.3 Å². The highest BCUT2D eigenvalue weighted by molar-refractivity contribution is 5.70. The third-order valence-corrected chi connectivity index (χ3v) is 10.4. The number of hydrogen-bond donors (Lipinski definition) is 0. The zero-order chi connectivity index (χ0) is 42.8. The van der Waals surface area contributed by atoms with Crippen LogP contribution in [0.1, 0.15) is 213 Å². The molecular formula is C49H91NO8. The maximum atomic E-state index is 12.8. The van der Waals surface area contributed by atoms with Crippen LogP contribution in [-0.2, 0) is 33.3 Å². The summed E-state index contributed by atoms with van der Waals surface area (Å²) >= 11 is 0. The lowest BCUT2D eigenvalue weighted by Crippen LogP contribution is -2.44. The van der Waals surface area contributed by atoms with Crippen LogP contribution in [0.4, 0.5) is 0 Å². The molecule has 340 valence electrons. The normalized spacial score (nSPS) is 13.1. The number of allylic oxidation sites excluding steroid dienone is 4. The van der Waals surface area contributed by atoms with Crippen molar-refractivity contribution < 1.29 is 42.9 Å². The second-order valence-electron chi connectivity index (χ2n) is 17.4. The number of rotatable bonds is 44. The van der Waals surface area contributed by atoms with E-state index in [1.807, 2.05) is 21.1 Å². The van der Waals surface area contributed by atoms with Crippen LogP contribution in [0.15, 0.2) is 24.3 Å². The van der Waals surface area contributed by atoms with Crippen molar-refractivity contribution in [1.82, 2.24) is 0 Å². The fraction of sp³-hybridized carbons (Fsp3) is 0.857. The molecule has 0 bridgehead atoms. The molecule has 9 nitrogen and oxygen atoms in total. The van der Waals surface area contributed by atoms with Crippen molar-refractivity contribution in [2.45, 2.75) is 225 Å². The average Bonchev–Trinajstić information content (AvgIpc) is 3.18. The lowest BCUT2D eigenvalue weighted by atomic mass is 10.1. The van der Waals surface area contributed by atoms with Gasteiger partial charge in [-0.2, -0.15) is 0 Å². The third kappa shape index (κ3) is 41.9. The van der Waals surface area contributed by atoms with Crippen molar-refractivity contribution >= 4 is 17.9 Å². The molecule has 2 atom stereocenters. The number of likely N-dealkylation sites (N-methyl/N-ethyl adjacent to an activating group) is 1. The number of hydrogen-bond acceptors (Lipinski definition) is 8. The summed E-state index contributed by atoms with van der Waals surface area (Å²) in [5, 5.41) is 11.7. The van der Waals surface area contributed by atoms with Gasteiger partial charge in [0.2, 0.25) is 0 Å². The van der Waals surface area contributed by atoms with Gasteiger partial charge in [-0.25, -0.2) is 0 Å². The Labute approximate surface area is 357 Å². The molecule has 0 aromatic rings. The van der Waals surface area contributed by atoms with Gasteiger partial charge < -0.3 is 33.3 Å². The van der Waals surface area contributed by atoms with E-state index in [1.54, 1.807) is 0 Å². The van der Waals surface area contributed by atoms with E-state index in [9.17, 15) is 19.5 Å². The lowest BCUT2D eigenvalue weighted by molar-refractivity contribution is -0.870. The molecule has 58 heavy (non-hydrogen) atoms. The minimum atomic E-state index is -1.62. The molecule has 0 aliphatic heterocycles. The van der Waals surface area contributed by atoms with Crippen molar-refractivity contribution in [2.24, 2.45) is 0 Å². The van der Waals surface area contributed by atoms with Crippen LogP contribution in [0, 0.1) is 0 Å². The van der Waals surface area contributed by atoms with E-state index in [-0.39, 0.29) is 38.6 Å². The predicted octanol–water partition coefficient (Wildman–Crippen LogP) is 11.5. The Morgan fingerprint density at radius 3 is 1.28 bits per heavy atom. The first-order valence-electron chi connectivity index (χ1n) is 24.0. The maximum Gasteiger partial charge on any atom is 0.306 e. The van der Waals surface area contributed by atoms with Gasteiger partial charge in [0.1, 0.15) is 13.2 Å². The molecule has 0 aromatic heterocycles. The molecule has 0 N–H and O–H groups in total. The van der Waals surface area contributed by atoms with Gasteiger partial charge in [-0.05, 0) is 64.2 Å². The maximum absolute atomic E-state index is 12.8. The standard InChI is InChI=1S/C49H91NO8/c1-6-8-10-12-14-16-18-20-22-23-24-25-26-28-30-32-34-36-38-40-47(52)58-45(44-57-49(48(53)54)55-42-41-50(3,4)5)43-56-46(51)39-37-35-33-31-29-27-21-19-17-15-13-11-9-7-2/h19-22,45,49H,6-18,23-44H2,1-5H3/b21-19-,22-20-. The van der Waals surface area contributed by atoms with Crippen LogP contribution >= 0.6 is 0 Å². The van der Waals surface area contributed by atoms with Crippen molar-refractivity contribution in [3.63, 3.8) is 0 Å². The van der Waals surface area contributed by atoms with E-state index in [0.29, 0.717) is 17.4 Å². The first-order valence-corrected chi connectivity index (χ1v) is 24.0. The highest BCUT2D eigenvalue weighted by Crippen LogP contribution is 2.14. The first kappa shape index (κ1) is 55.8. The predicted molar refractivity (Wildman–Crippen MR) is 237 cm³/mol. The molecule has 0 aliphatic carbocycles. The number of nitrogens with zero attached hydrogens (tertiary/aromatic N) is 1. The molecule has 0 fully saturated rings. The van der Waals surface area contributed by atoms with E-state index in [4.69, 9.17) is 18.9 Å². The van der Waals surface area contributed by atoms with Gasteiger partial charge >= 0.3 is 11.9 Å². The van der Waals surface area contributed by atoms with Crippen LogP contribution < -0.4 is 5.11 Å². The topological polar surface area (TPSA) is 111 Å². The summed E-state index contributed by atoms with van der Waals surface area (Å²) in [6.07, 6.45) is 42.0. The molecular weight excluding hydrogens is 731 g/mol. The van der Waals surface area contributed by atoms with Crippen LogP contribution in [0.25, 0.3) is 0 Å². The molecule has 9 heteroatoms. The lowest BCUT2D eigenvalue weighted by Gasteiger charge is -2.26. The van der Waals surface area contributed by atoms with Crippen molar-refractivity contribution in [1.29, 1.82) is 0 Å². The minimum absolute atomic E-state index is 0.147. The minimum Gasteiger partial charge on any atom is -0.545 e. The largest absolute Gasteiger partial charge is 0.545 e. The van der Waals surface area contributed by atoms with E-state index >= 15 is 0 Å². The van der Waals surface area contributed by atoms with E-state index in [0.717, 1.165) is 57.8 Å². The number of unbranched alkanes of at least 4 members (excludes halogenated alkanes) is 25. The highest BCUT2D eigenvalue weighted by atomic mass is 16.7. The van der Waals surface area contributed by atoms with Crippen LogP contribution in [-0.4, -0.2) is 82.3 Å².